The smallest absolute Gasteiger partial charge is 0.123 e. The van der Waals surface area contributed by atoms with Crippen molar-refractivity contribution in [3.8, 4) is 5.75 Å². The van der Waals surface area contributed by atoms with Crippen molar-refractivity contribution in [1.82, 2.24) is 20.0 Å². The molecule has 3 rings (SSSR count). The molecule has 0 radical (unpaired) electrons. The van der Waals surface area contributed by atoms with Crippen LogP contribution in [0.1, 0.15) is 36.1 Å². The Bertz CT molecular complexity index is 647. The molecule has 0 unspecified atom stereocenters. The number of aromatic nitrogens is 2. The zero-order valence-electron chi connectivity index (χ0n) is 14.8. The number of nitrogens with one attached hydrogen (secondary N) is 1. The van der Waals surface area contributed by atoms with Gasteiger partial charge >= 0.3 is 0 Å². The number of piperidine rings is 1. The van der Waals surface area contributed by atoms with Gasteiger partial charge in [-0.05, 0) is 49.7 Å². The highest BCUT2D eigenvalue weighted by molar-refractivity contribution is 5.37. The first-order valence-electron chi connectivity index (χ1n) is 8.82. The van der Waals surface area contributed by atoms with Crippen LogP contribution < -0.4 is 10.1 Å². The summed E-state index contributed by atoms with van der Waals surface area (Å²) >= 11 is 0. The van der Waals surface area contributed by atoms with Gasteiger partial charge in [-0.1, -0.05) is 12.5 Å². The molecule has 1 fully saturated rings. The third-order valence-corrected chi connectivity index (χ3v) is 4.59. The van der Waals surface area contributed by atoms with E-state index in [0.29, 0.717) is 0 Å². The summed E-state index contributed by atoms with van der Waals surface area (Å²) in [6.07, 6.45) is 5.97. The Morgan fingerprint density at radius 2 is 1.96 bits per heavy atom. The molecule has 5 heteroatoms. The predicted molar refractivity (Wildman–Crippen MR) is 95.9 cm³/mol. The molecule has 0 atom stereocenters. The van der Waals surface area contributed by atoms with Crippen molar-refractivity contribution in [3.63, 3.8) is 0 Å². The summed E-state index contributed by atoms with van der Waals surface area (Å²) in [4.78, 5) is 2.53. The second kappa shape index (κ2) is 8.31. The van der Waals surface area contributed by atoms with Crippen LogP contribution in [0, 0.1) is 0 Å². The number of methoxy groups -OCH3 is 1. The minimum absolute atomic E-state index is 0.786. The molecular formula is C19H28N4O. The first-order chi connectivity index (χ1) is 11.7. The Balaban J connectivity index is 1.59. The van der Waals surface area contributed by atoms with Crippen molar-refractivity contribution in [2.45, 2.75) is 38.9 Å². The van der Waals surface area contributed by atoms with Gasteiger partial charge in [-0.15, -0.1) is 0 Å². The number of hydrogen-bond acceptors (Lipinski definition) is 4. The molecule has 24 heavy (non-hydrogen) atoms. The summed E-state index contributed by atoms with van der Waals surface area (Å²) in [5.74, 6) is 0.994. The van der Waals surface area contributed by atoms with Crippen molar-refractivity contribution in [1.29, 1.82) is 0 Å². The van der Waals surface area contributed by atoms with Gasteiger partial charge in [0.15, 0.2) is 0 Å². The maximum atomic E-state index is 5.56. The fourth-order valence-electron chi connectivity index (χ4n) is 3.32. The van der Waals surface area contributed by atoms with Crippen LogP contribution in [0.25, 0.3) is 0 Å². The minimum Gasteiger partial charge on any atom is -0.496 e. The Morgan fingerprint density at radius 3 is 2.67 bits per heavy atom. The van der Waals surface area contributed by atoms with E-state index in [1.807, 2.05) is 24.0 Å². The molecule has 1 aliphatic rings. The molecule has 1 saturated heterocycles. The highest BCUT2D eigenvalue weighted by atomic mass is 16.5. The highest BCUT2D eigenvalue weighted by Crippen LogP contribution is 2.23. The van der Waals surface area contributed by atoms with Crippen LogP contribution in [0.3, 0.4) is 0 Å². The number of rotatable bonds is 7. The van der Waals surface area contributed by atoms with E-state index in [0.717, 1.165) is 31.1 Å². The molecule has 0 spiro atoms. The van der Waals surface area contributed by atoms with Gasteiger partial charge < -0.3 is 10.1 Å². The van der Waals surface area contributed by atoms with Crippen LogP contribution in [0.2, 0.25) is 0 Å². The van der Waals surface area contributed by atoms with E-state index in [1.165, 1.54) is 43.5 Å². The van der Waals surface area contributed by atoms with Crippen molar-refractivity contribution < 1.29 is 4.74 Å². The average Bonchev–Trinajstić information content (AvgIpc) is 3.01. The van der Waals surface area contributed by atoms with Crippen LogP contribution in [-0.2, 0) is 26.7 Å². The van der Waals surface area contributed by atoms with Crippen LogP contribution in [0.5, 0.6) is 5.75 Å². The second-order valence-corrected chi connectivity index (χ2v) is 6.57. The first-order valence-corrected chi connectivity index (χ1v) is 8.82. The van der Waals surface area contributed by atoms with Gasteiger partial charge in [0.05, 0.1) is 12.8 Å². The van der Waals surface area contributed by atoms with E-state index >= 15 is 0 Å². The quantitative estimate of drug-likeness (QED) is 0.848. The number of nitrogens with zero attached hydrogens (tertiary/aromatic N) is 3. The Hall–Kier alpha value is -1.85. The van der Waals surface area contributed by atoms with Gasteiger partial charge in [-0.2, -0.15) is 5.10 Å². The van der Waals surface area contributed by atoms with E-state index in [9.17, 15) is 0 Å². The predicted octanol–water partition coefficient (Wildman–Crippen LogP) is 2.70. The lowest BCUT2D eigenvalue weighted by Gasteiger charge is -2.27. The summed E-state index contributed by atoms with van der Waals surface area (Å²) in [6, 6.07) is 8.56. The number of benzene rings is 1. The Morgan fingerprint density at radius 1 is 1.12 bits per heavy atom. The standard InChI is InChI=1S/C19H28N4O/c1-22-11-8-18(21-22)14-20-13-16-6-7-19(24-2)17(12-16)15-23-9-4-3-5-10-23/h6-8,11-12,20H,3-5,9-10,13-15H2,1-2H3. The van der Waals surface area contributed by atoms with Crippen LogP contribution in [-0.4, -0.2) is 34.9 Å². The van der Waals surface area contributed by atoms with E-state index in [2.05, 4.69) is 33.5 Å². The van der Waals surface area contributed by atoms with Crippen LogP contribution >= 0.6 is 0 Å². The zero-order chi connectivity index (χ0) is 16.8. The van der Waals surface area contributed by atoms with E-state index in [-0.39, 0.29) is 0 Å². The van der Waals surface area contributed by atoms with Crippen LogP contribution in [0.4, 0.5) is 0 Å². The lowest BCUT2D eigenvalue weighted by molar-refractivity contribution is 0.218. The second-order valence-electron chi connectivity index (χ2n) is 6.57. The molecule has 0 amide bonds. The zero-order valence-corrected chi connectivity index (χ0v) is 14.8. The summed E-state index contributed by atoms with van der Waals surface area (Å²) in [5, 5.41) is 7.86. The Labute approximate surface area is 144 Å². The maximum Gasteiger partial charge on any atom is 0.123 e. The Kier molecular flexibility index (Phi) is 5.88. The van der Waals surface area contributed by atoms with Gasteiger partial charge in [0.2, 0.25) is 0 Å². The third-order valence-electron chi connectivity index (χ3n) is 4.59. The molecule has 5 nitrogen and oxygen atoms in total. The third kappa shape index (κ3) is 4.58. The minimum atomic E-state index is 0.786. The molecule has 1 aromatic heterocycles. The molecule has 0 aliphatic carbocycles. The monoisotopic (exact) mass is 328 g/mol. The molecule has 2 aromatic rings. The number of hydrogen-bond donors (Lipinski definition) is 1. The van der Waals surface area contributed by atoms with Crippen molar-refractivity contribution in [3.05, 3.63) is 47.3 Å². The van der Waals surface area contributed by atoms with E-state index in [4.69, 9.17) is 4.74 Å². The summed E-state index contributed by atoms with van der Waals surface area (Å²) in [6.45, 7) is 5.01. The van der Waals surface area contributed by atoms with Gasteiger partial charge in [0.25, 0.3) is 0 Å². The molecular weight excluding hydrogens is 300 g/mol. The van der Waals surface area contributed by atoms with E-state index < -0.39 is 0 Å². The maximum absolute atomic E-state index is 5.56. The van der Waals surface area contributed by atoms with Crippen molar-refractivity contribution >= 4 is 0 Å². The fraction of sp³-hybridized carbons (Fsp3) is 0.526. The van der Waals surface area contributed by atoms with Crippen LogP contribution in [0.15, 0.2) is 30.5 Å². The van der Waals surface area contributed by atoms with Crippen molar-refractivity contribution in [2.24, 2.45) is 7.05 Å². The molecule has 1 N–H and O–H groups in total. The molecule has 1 aromatic carbocycles. The van der Waals surface area contributed by atoms with Gasteiger partial charge in [0, 0.05) is 38.4 Å². The lowest BCUT2D eigenvalue weighted by atomic mass is 10.1. The SMILES string of the molecule is COc1ccc(CNCc2ccn(C)n2)cc1CN1CCCCC1. The number of aryl methyl sites for hydroxylation is 1. The lowest BCUT2D eigenvalue weighted by Crippen LogP contribution is -2.29. The molecule has 0 bridgehead atoms. The summed E-state index contributed by atoms with van der Waals surface area (Å²) < 4.78 is 7.39. The molecule has 1 aliphatic heterocycles. The number of likely N-dealkylation sites (tertiary alicyclic amines) is 1. The molecule has 130 valence electrons. The van der Waals surface area contributed by atoms with Gasteiger partial charge in [0.1, 0.15) is 5.75 Å². The fourth-order valence-corrected chi connectivity index (χ4v) is 3.32. The summed E-state index contributed by atoms with van der Waals surface area (Å²) in [7, 11) is 3.70. The highest BCUT2D eigenvalue weighted by Gasteiger charge is 2.13. The topological polar surface area (TPSA) is 42.3 Å². The normalized spacial score (nSPS) is 15.6. The largest absolute Gasteiger partial charge is 0.496 e. The van der Waals surface area contributed by atoms with Crippen molar-refractivity contribution in [2.75, 3.05) is 20.2 Å². The van der Waals surface area contributed by atoms with Gasteiger partial charge in [-0.3, -0.25) is 9.58 Å². The average molecular weight is 328 g/mol. The molecule has 2 heterocycles. The summed E-state index contributed by atoms with van der Waals surface area (Å²) in [5.41, 5.74) is 3.65. The first kappa shape index (κ1) is 17.0. The van der Waals surface area contributed by atoms with Gasteiger partial charge in [-0.25, -0.2) is 0 Å². The number of ether oxygens (including phenoxy) is 1. The molecule has 0 saturated carbocycles. The van der Waals surface area contributed by atoms with E-state index in [1.54, 1.807) is 7.11 Å².